The van der Waals surface area contributed by atoms with E-state index in [-0.39, 0.29) is 25.0 Å². The third kappa shape index (κ3) is 5.66. The Balaban J connectivity index is 1.54. The molecule has 1 aromatic carbocycles. The third-order valence-corrected chi connectivity index (χ3v) is 9.82. The number of likely N-dealkylation sites (tertiary alicyclic amines) is 1. The van der Waals surface area contributed by atoms with E-state index in [1.54, 1.807) is 15.9 Å². The van der Waals surface area contributed by atoms with Crippen LogP contribution in [0.1, 0.15) is 31.7 Å². The minimum absolute atomic E-state index is 0.0248. The summed E-state index contributed by atoms with van der Waals surface area (Å²) >= 11 is 0. The topological polar surface area (TPSA) is 109 Å². The van der Waals surface area contributed by atoms with E-state index in [0.29, 0.717) is 58.5 Å². The summed E-state index contributed by atoms with van der Waals surface area (Å²) in [5.41, 5.74) is -1.17. The zero-order valence-electron chi connectivity index (χ0n) is 25.2. The number of amides is 2. The van der Waals surface area contributed by atoms with Crippen molar-refractivity contribution < 1.29 is 33.7 Å². The highest BCUT2D eigenvalue weighted by molar-refractivity contribution is 5.98. The molecule has 0 aliphatic carbocycles. The summed E-state index contributed by atoms with van der Waals surface area (Å²) in [6.07, 6.45) is 5.06. The maximum absolute atomic E-state index is 14.8. The van der Waals surface area contributed by atoms with Gasteiger partial charge in [0.2, 0.25) is 11.8 Å². The molecule has 4 saturated heterocycles. The monoisotopic (exact) mass is 595 g/mol. The lowest BCUT2D eigenvalue weighted by Crippen LogP contribution is -2.60. The van der Waals surface area contributed by atoms with Crippen molar-refractivity contribution >= 4 is 17.8 Å². The number of esters is 1. The second kappa shape index (κ2) is 13.3. The Morgan fingerprint density at radius 1 is 1.19 bits per heavy atom. The van der Waals surface area contributed by atoms with Gasteiger partial charge in [0.15, 0.2) is 0 Å². The zero-order valence-corrected chi connectivity index (χ0v) is 25.2. The highest BCUT2D eigenvalue weighted by Gasteiger charge is 2.79. The van der Waals surface area contributed by atoms with E-state index >= 15 is 0 Å². The van der Waals surface area contributed by atoms with Crippen LogP contribution in [0.15, 0.2) is 55.6 Å². The maximum atomic E-state index is 14.8. The summed E-state index contributed by atoms with van der Waals surface area (Å²) in [6, 6.07) is 7.92. The molecule has 2 bridgehead atoms. The average Bonchev–Trinajstić information content (AvgIpc) is 3.65. The molecular formula is C33H45N3O7. The van der Waals surface area contributed by atoms with Crippen LogP contribution in [0.3, 0.4) is 0 Å². The number of rotatable bonds is 14. The van der Waals surface area contributed by atoms with Gasteiger partial charge in [0.25, 0.3) is 0 Å². The van der Waals surface area contributed by atoms with Crippen LogP contribution in [0.25, 0.3) is 0 Å². The molecule has 0 saturated carbocycles. The van der Waals surface area contributed by atoms with Crippen LogP contribution in [0.5, 0.6) is 0 Å². The molecule has 1 aromatic rings. The number of nitrogens with zero attached hydrogens (tertiary/aromatic N) is 3. The van der Waals surface area contributed by atoms with Crippen molar-refractivity contribution in [3.8, 4) is 0 Å². The Morgan fingerprint density at radius 3 is 2.58 bits per heavy atom. The predicted molar refractivity (Wildman–Crippen MR) is 160 cm³/mol. The summed E-state index contributed by atoms with van der Waals surface area (Å²) in [4.78, 5) is 48.5. The van der Waals surface area contributed by atoms with E-state index in [4.69, 9.17) is 14.2 Å². The molecule has 43 heavy (non-hydrogen) atoms. The standard InChI is InChI=1S/C33H45N3O7/c1-4-14-35(16-15-34-17-20-41-21-18-34)30(39)28-33-13-12-32(6-3,43-33)27(31(40)42-19-5-2)26(33)29(38)36(28)25(23-37)22-24-10-8-7-9-11-24/h4-5,7-11,25-28,37H,1-2,6,12-23H2,3H3/t25-,26+,27+,28?,32-,33?/m1/s1. The first-order valence-electron chi connectivity index (χ1n) is 15.5. The van der Waals surface area contributed by atoms with Crippen LogP contribution in [0, 0.1) is 11.8 Å². The molecule has 4 aliphatic rings. The molecule has 4 aliphatic heterocycles. The molecule has 4 heterocycles. The van der Waals surface area contributed by atoms with Crippen LogP contribution >= 0.6 is 0 Å². The molecule has 2 amide bonds. The van der Waals surface area contributed by atoms with Gasteiger partial charge in [-0.25, -0.2) is 0 Å². The number of aliphatic hydroxyl groups excluding tert-OH is 1. The smallest absolute Gasteiger partial charge is 0.313 e. The van der Waals surface area contributed by atoms with Gasteiger partial charge in [-0.1, -0.05) is 56.0 Å². The minimum Gasteiger partial charge on any atom is -0.461 e. The molecule has 0 aromatic heterocycles. The molecule has 6 atom stereocenters. The fourth-order valence-electron chi connectivity index (χ4n) is 7.76. The fraction of sp³-hybridized carbons (Fsp3) is 0.606. The van der Waals surface area contributed by atoms with Crippen LogP contribution in [0.2, 0.25) is 0 Å². The molecule has 0 radical (unpaired) electrons. The molecule has 234 valence electrons. The van der Waals surface area contributed by atoms with E-state index in [1.165, 1.54) is 6.08 Å². The first kappa shape index (κ1) is 31.4. The van der Waals surface area contributed by atoms with Crippen LogP contribution < -0.4 is 0 Å². The van der Waals surface area contributed by atoms with Crippen molar-refractivity contribution in [3.63, 3.8) is 0 Å². The van der Waals surface area contributed by atoms with E-state index in [1.807, 2.05) is 37.3 Å². The Labute approximate surface area is 254 Å². The van der Waals surface area contributed by atoms with Crippen molar-refractivity contribution in [1.82, 2.24) is 14.7 Å². The Bertz CT molecular complexity index is 1190. The Kier molecular flexibility index (Phi) is 9.70. The van der Waals surface area contributed by atoms with E-state index in [9.17, 15) is 19.5 Å². The quantitative estimate of drug-likeness (QED) is 0.256. The third-order valence-electron chi connectivity index (χ3n) is 9.82. The van der Waals surface area contributed by atoms with Gasteiger partial charge in [-0.15, -0.1) is 6.58 Å². The van der Waals surface area contributed by atoms with Crippen molar-refractivity contribution in [2.75, 3.05) is 59.2 Å². The molecule has 10 heteroatoms. The second-order valence-corrected chi connectivity index (χ2v) is 12.1. The molecule has 5 rings (SSSR count). The fourth-order valence-corrected chi connectivity index (χ4v) is 7.76. The lowest BCUT2D eigenvalue weighted by Gasteiger charge is -2.40. The lowest BCUT2D eigenvalue weighted by atomic mass is 9.65. The summed E-state index contributed by atoms with van der Waals surface area (Å²) < 4.78 is 17.9. The molecular weight excluding hydrogens is 550 g/mol. The molecule has 2 unspecified atom stereocenters. The van der Waals surface area contributed by atoms with E-state index in [2.05, 4.69) is 18.1 Å². The number of fused-ring (bicyclic) bond motifs is 1. The van der Waals surface area contributed by atoms with Crippen LogP contribution in [-0.2, 0) is 35.0 Å². The summed E-state index contributed by atoms with van der Waals surface area (Å²) in [6.45, 7) is 13.5. The number of hydrogen-bond acceptors (Lipinski definition) is 8. The van der Waals surface area contributed by atoms with E-state index in [0.717, 1.165) is 18.7 Å². The highest BCUT2D eigenvalue weighted by Crippen LogP contribution is 2.65. The Hall–Kier alpha value is -3.05. The van der Waals surface area contributed by atoms with Crippen molar-refractivity contribution in [1.29, 1.82) is 0 Å². The minimum atomic E-state index is -1.20. The van der Waals surface area contributed by atoms with Crippen molar-refractivity contribution in [3.05, 3.63) is 61.2 Å². The van der Waals surface area contributed by atoms with Gasteiger partial charge in [0.1, 0.15) is 24.2 Å². The largest absolute Gasteiger partial charge is 0.461 e. The van der Waals surface area contributed by atoms with Crippen molar-refractivity contribution in [2.45, 2.75) is 55.9 Å². The van der Waals surface area contributed by atoms with Crippen LogP contribution in [0.4, 0.5) is 0 Å². The van der Waals surface area contributed by atoms with Gasteiger partial charge in [-0.3, -0.25) is 19.3 Å². The zero-order chi connectivity index (χ0) is 30.6. The molecule has 10 nitrogen and oxygen atoms in total. The first-order chi connectivity index (χ1) is 20.9. The summed E-state index contributed by atoms with van der Waals surface area (Å²) in [5, 5.41) is 10.7. The van der Waals surface area contributed by atoms with Gasteiger partial charge in [-0.05, 0) is 31.2 Å². The second-order valence-electron chi connectivity index (χ2n) is 12.1. The average molecular weight is 596 g/mol. The number of carbonyl (C=O) groups excluding carboxylic acids is 3. The first-order valence-corrected chi connectivity index (χ1v) is 15.5. The molecule has 1 N–H and O–H groups in total. The van der Waals surface area contributed by atoms with Gasteiger partial charge in [0.05, 0.1) is 37.4 Å². The normalized spacial score (nSPS) is 30.6. The Morgan fingerprint density at radius 2 is 1.93 bits per heavy atom. The number of morpholine rings is 1. The van der Waals surface area contributed by atoms with E-state index < -0.39 is 41.1 Å². The predicted octanol–water partition coefficient (Wildman–Crippen LogP) is 1.82. The molecule has 1 spiro atoms. The number of hydrogen-bond donors (Lipinski definition) is 1. The highest BCUT2D eigenvalue weighted by atomic mass is 16.6. The maximum Gasteiger partial charge on any atom is 0.313 e. The number of ether oxygens (including phenoxy) is 3. The molecule has 4 fully saturated rings. The number of carbonyl (C=O) groups is 3. The number of benzene rings is 1. The van der Waals surface area contributed by atoms with Gasteiger partial charge >= 0.3 is 5.97 Å². The van der Waals surface area contributed by atoms with Gasteiger partial charge < -0.3 is 29.1 Å². The van der Waals surface area contributed by atoms with Crippen molar-refractivity contribution in [2.24, 2.45) is 11.8 Å². The number of aliphatic hydroxyl groups is 1. The lowest BCUT2D eigenvalue weighted by molar-refractivity contribution is -0.163. The summed E-state index contributed by atoms with van der Waals surface area (Å²) in [7, 11) is 0. The summed E-state index contributed by atoms with van der Waals surface area (Å²) in [5.74, 6) is -2.83. The van der Waals surface area contributed by atoms with Crippen LogP contribution in [-0.4, -0.2) is 120 Å². The van der Waals surface area contributed by atoms with Gasteiger partial charge in [-0.2, -0.15) is 0 Å². The van der Waals surface area contributed by atoms with Gasteiger partial charge in [0, 0.05) is 32.7 Å². The SMILES string of the molecule is C=CCOC(=O)[C@@H]1[C@H]2C(=O)N([C@@H](CO)Cc3ccccc3)C(C(=O)N(CC=C)CCN3CCOCC3)C23CC[C@@]1(CC)O3.